The molecule has 1 heterocycles. The molecule has 2 unspecified atom stereocenters. The second kappa shape index (κ2) is 8.22. The number of aliphatic hydroxyl groups is 1. The minimum atomic E-state index is -0.613. The van der Waals surface area contributed by atoms with Crippen molar-refractivity contribution in [2.45, 2.75) is 32.4 Å². The average Bonchev–Trinajstić information content (AvgIpc) is 2.91. The van der Waals surface area contributed by atoms with E-state index >= 15 is 0 Å². The van der Waals surface area contributed by atoms with Gasteiger partial charge < -0.3 is 24.6 Å². The van der Waals surface area contributed by atoms with E-state index in [-0.39, 0.29) is 12.6 Å². The van der Waals surface area contributed by atoms with Gasteiger partial charge in [-0.25, -0.2) is 0 Å². The van der Waals surface area contributed by atoms with Crippen LogP contribution in [-0.2, 0) is 4.74 Å². The highest BCUT2D eigenvalue weighted by Gasteiger charge is 2.23. The van der Waals surface area contributed by atoms with Gasteiger partial charge in [-0.15, -0.1) is 0 Å². The molecule has 2 N–H and O–H groups in total. The third kappa shape index (κ3) is 4.59. The lowest BCUT2D eigenvalue weighted by Gasteiger charge is -2.13. The van der Waals surface area contributed by atoms with Gasteiger partial charge in [0, 0.05) is 18.2 Å². The Balaban J connectivity index is 1.87. The first-order valence-corrected chi connectivity index (χ1v) is 7.63. The van der Waals surface area contributed by atoms with Crippen LogP contribution in [0.3, 0.4) is 0 Å². The summed E-state index contributed by atoms with van der Waals surface area (Å²) in [7, 11) is 0. The summed E-state index contributed by atoms with van der Waals surface area (Å²) in [6.07, 6.45) is 0.489. The van der Waals surface area contributed by atoms with Crippen LogP contribution >= 0.6 is 0 Å². The summed E-state index contributed by atoms with van der Waals surface area (Å²) in [4.78, 5) is 0. The lowest BCUT2D eigenvalue weighted by atomic mass is 10.1. The smallest absolute Gasteiger partial charge is 0.127 e. The number of hydrogen-bond acceptors (Lipinski definition) is 5. The highest BCUT2D eigenvalue weighted by atomic mass is 16.5. The molecule has 0 bridgehead atoms. The minimum Gasteiger partial charge on any atom is -0.491 e. The van der Waals surface area contributed by atoms with Crippen molar-refractivity contribution < 1.29 is 19.3 Å². The zero-order chi connectivity index (χ0) is 15.1. The number of aliphatic hydroxyl groups excluding tert-OH is 1. The Morgan fingerprint density at radius 1 is 1.38 bits per heavy atom. The van der Waals surface area contributed by atoms with Crippen LogP contribution in [-0.4, -0.2) is 44.2 Å². The van der Waals surface area contributed by atoms with Gasteiger partial charge in [-0.05, 0) is 32.0 Å². The van der Waals surface area contributed by atoms with Crippen molar-refractivity contribution in [3.63, 3.8) is 0 Å². The van der Waals surface area contributed by atoms with Crippen LogP contribution in [0.5, 0.6) is 11.5 Å². The number of ether oxygens (including phenoxy) is 3. The Kier molecular flexibility index (Phi) is 6.29. The molecule has 1 aromatic carbocycles. The molecule has 2 atom stereocenters. The molecule has 118 valence electrons. The number of fused-ring (bicyclic) bond motifs is 1. The molecule has 0 saturated heterocycles. The molecule has 0 fully saturated rings. The standard InChI is InChI=1S/C16H25NO4/c1-3-7-17-15-11-21-16-8-13(5-6-14(15)16)20-10-12(18)9-19-4-2/h5-6,8,12,15,17-18H,3-4,7,9-11H2,1-2H3. The Labute approximate surface area is 126 Å². The lowest BCUT2D eigenvalue weighted by Crippen LogP contribution is -2.23. The summed E-state index contributed by atoms with van der Waals surface area (Å²) in [6.45, 7) is 6.79. The molecule has 1 aromatic rings. The first-order chi connectivity index (χ1) is 10.2. The molecule has 0 radical (unpaired) electrons. The van der Waals surface area contributed by atoms with E-state index in [0.717, 1.165) is 18.7 Å². The topological polar surface area (TPSA) is 60.0 Å². The minimum absolute atomic E-state index is 0.219. The van der Waals surface area contributed by atoms with Crippen molar-refractivity contribution >= 4 is 0 Å². The molecule has 21 heavy (non-hydrogen) atoms. The van der Waals surface area contributed by atoms with Gasteiger partial charge in [-0.3, -0.25) is 0 Å². The van der Waals surface area contributed by atoms with Gasteiger partial charge in [-0.2, -0.15) is 0 Å². The molecule has 0 saturated carbocycles. The van der Waals surface area contributed by atoms with Crippen molar-refractivity contribution in [1.82, 2.24) is 5.32 Å². The molecule has 5 nitrogen and oxygen atoms in total. The predicted molar refractivity (Wildman–Crippen MR) is 81.0 cm³/mol. The monoisotopic (exact) mass is 295 g/mol. The molecule has 2 rings (SSSR count). The second-order valence-corrected chi connectivity index (χ2v) is 5.14. The normalized spacial score (nSPS) is 18.1. The van der Waals surface area contributed by atoms with E-state index in [0.29, 0.717) is 25.6 Å². The van der Waals surface area contributed by atoms with Crippen LogP contribution in [0.25, 0.3) is 0 Å². The van der Waals surface area contributed by atoms with E-state index in [9.17, 15) is 5.11 Å². The number of benzene rings is 1. The fourth-order valence-corrected chi connectivity index (χ4v) is 2.26. The molecular formula is C16H25NO4. The van der Waals surface area contributed by atoms with Crippen LogP contribution < -0.4 is 14.8 Å². The van der Waals surface area contributed by atoms with Gasteiger partial charge in [0.15, 0.2) is 0 Å². The van der Waals surface area contributed by atoms with E-state index in [4.69, 9.17) is 14.2 Å². The van der Waals surface area contributed by atoms with E-state index in [1.165, 1.54) is 5.56 Å². The summed E-state index contributed by atoms with van der Waals surface area (Å²) in [5.74, 6) is 1.57. The maximum atomic E-state index is 9.68. The molecule has 0 amide bonds. The van der Waals surface area contributed by atoms with Crippen molar-refractivity contribution in [3.8, 4) is 11.5 Å². The van der Waals surface area contributed by atoms with Crippen molar-refractivity contribution in [2.75, 3.05) is 33.0 Å². The van der Waals surface area contributed by atoms with Gasteiger partial charge >= 0.3 is 0 Å². The van der Waals surface area contributed by atoms with Crippen LogP contribution in [0.4, 0.5) is 0 Å². The van der Waals surface area contributed by atoms with Gasteiger partial charge in [-0.1, -0.05) is 6.92 Å². The molecular weight excluding hydrogens is 270 g/mol. The Morgan fingerprint density at radius 3 is 3.00 bits per heavy atom. The molecule has 1 aliphatic heterocycles. The lowest BCUT2D eigenvalue weighted by molar-refractivity contribution is 0.0164. The summed E-state index contributed by atoms with van der Waals surface area (Å²) in [5, 5.41) is 13.1. The highest BCUT2D eigenvalue weighted by molar-refractivity contribution is 5.45. The van der Waals surface area contributed by atoms with Crippen LogP contribution in [0.15, 0.2) is 18.2 Å². The molecule has 0 spiro atoms. The fraction of sp³-hybridized carbons (Fsp3) is 0.625. The first-order valence-electron chi connectivity index (χ1n) is 7.63. The molecule has 5 heteroatoms. The summed E-state index contributed by atoms with van der Waals surface area (Å²) in [5.41, 5.74) is 1.17. The summed E-state index contributed by atoms with van der Waals surface area (Å²) < 4.78 is 16.4. The second-order valence-electron chi connectivity index (χ2n) is 5.14. The summed E-state index contributed by atoms with van der Waals surface area (Å²) in [6, 6.07) is 6.09. The van der Waals surface area contributed by atoms with Crippen LogP contribution in [0, 0.1) is 0 Å². The number of rotatable bonds is 9. The SMILES string of the molecule is CCCNC1COc2cc(OCC(O)COCC)ccc21. The van der Waals surface area contributed by atoms with Gasteiger partial charge in [0.2, 0.25) is 0 Å². The third-order valence-corrected chi connectivity index (χ3v) is 3.36. The highest BCUT2D eigenvalue weighted by Crippen LogP contribution is 2.35. The maximum Gasteiger partial charge on any atom is 0.127 e. The quantitative estimate of drug-likeness (QED) is 0.728. The Bertz CT molecular complexity index is 438. The van der Waals surface area contributed by atoms with E-state index in [1.807, 2.05) is 25.1 Å². The average molecular weight is 295 g/mol. The maximum absolute atomic E-state index is 9.68. The molecule has 0 aliphatic carbocycles. The number of nitrogens with one attached hydrogen (secondary N) is 1. The van der Waals surface area contributed by atoms with E-state index < -0.39 is 6.10 Å². The van der Waals surface area contributed by atoms with Gasteiger partial charge in [0.05, 0.1) is 12.6 Å². The predicted octanol–water partition coefficient (Wildman–Crippen LogP) is 1.90. The zero-order valence-electron chi connectivity index (χ0n) is 12.8. The first kappa shape index (κ1) is 16.1. The molecule has 0 aromatic heterocycles. The largest absolute Gasteiger partial charge is 0.491 e. The molecule has 1 aliphatic rings. The Morgan fingerprint density at radius 2 is 2.24 bits per heavy atom. The zero-order valence-corrected chi connectivity index (χ0v) is 12.8. The third-order valence-electron chi connectivity index (χ3n) is 3.36. The van der Waals surface area contributed by atoms with Crippen LogP contribution in [0.1, 0.15) is 31.9 Å². The van der Waals surface area contributed by atoms with Gasteiger partial charge in [0.25, 0.3) is 0 Å². The summed E-state index contributed by atoms with van der Waals surface area (Å²) >= 11 is 0. The van der Waals surface area contributed by atoms with Crippen molar-refractivity contribution in [2.24, 2.45) is 0 Å². The Hall–Kier alpha value is -1.30. The van der Waals surface area contributed by atoms with Crippen molar-refractivity contribution in [3.05, 3.63) is 23.8 Å². The fourth-order valence-electron chi connectivity index (χ4n) is 2.26. The number of hydrogen-bond donors (Lipinski definition) is 2. The van der Waals surface area contributed by atoms with Crippen LogP contribution in [0.2, 0.25) is 0 Å². The van der Waals surface area contributed by atoms with E-state index in [2.05, 4.69) is 12.2 Å². The van der Waals surface area contributed by atoms with E-state index in [1.54, 1.807) is 0 Å². The van der Waals surface area contributed by atoms with Gasteiger partial charge in [0.1, 0.15) is 30.8 Å². The van der Waals surface area contributed by atoms with Crippen molar-refractivity contribution in [1.29, 1.82) is 0 Å².